The minimum Gasteiger partial charge on any atom is -1.00 e. The zero-order valence-corrected chi connectivity index (χ0v) is 10.2. The van der Waals surface area contributed by atoms with Gasteiger partial charge in [0.2, 0.25) is 0 Å². The van der Waals surface area contributed by atoms with Crippen LogP contribution < -0.4 is 12.4 Å². The van der Waals surface area contributed by atoms with Gasteiger partial charge < -0.3 is 22.1 Å². The molecule has 0 spiro atoms. The Bertz CT molecular complexity index is 362. The van der Waals surface area contributed by atoms with E-state index in [1.165, 1.54) is 24.3 Å². The number of aliphatic hydroxyl groups is 1. The van der Waals surface area contributed by atoms with Crippen LogP contribution in [0.2, 0.25) is 0 Å². The van der Waals surface area contributed by atoms with Gasteiger partial charge in [0.1, 0.15) is 10.1 Å². The zero-order valence-electron chi connectivity index (χ0n) is 7.18. The van der Waals surface area contributed by atoms with Crippen LogP contribution in [0.4, 0.5) is 0 Å². The zero-order chi connectivity index (χ0) is 9.19. The molecule has 14 heavy (non-hydrogen) atoms. The number of hydrogen-bond acceptors (Lipinski definition) is 4. The van der Waals surface area contributed by atoms with Gasteiger partial charge >= 0.3 is 23.1 Å². The van der Waals surface area contributed by atoms with E-state index in [1.807, 2.05) is 0 Å². The van der Waals surface area contributed by atoms with Gasteiger partial charge in [0.15, 0.2) is 0 Å². The molecule has 0 radical (unpaired) electrons. The molecule has 0 fully saturated rings. The van der Waals surface area contributed by atoms with Gasteiger partial charge in [0, 0.05) is 0 Å². The summed E-state index contributed by atoms with van der Waals surface area (Å²) in [5.41, 5.74) is 0.572. The molecule has 1 aromatic rings. The van der Waals surface area contributed by atoms with Crippen molar-refractivity contribution in [1.29, 1.82) is 0 Å². The molecule has 0 heterocycles. The molecule has 0 aliphatic carbocycles. The van der Waals surface area contributed by atoms with Crippen molar-refractivity contribution < 1.29 is 30.5 Å². The summed E-state index contributed by atoms with van der Waals surface area (Å²) in [5, 5.41) is 8.60. The molecule has 0 atom stereocenters. The van der Waals surface area contributed by atoms with Crippen LogP contribution in [0, 0.1) is 0 Å². The van der Waals surface area contributed by atoms with Crippen molar-refractivity contribution >= 4 is 33.2 Å². The maximum atomic E-state index is 10.4. The van der Waals surface area contributed by atoms with Crippen molar-refractivity contribution in [2.24, 2.45) is 0 Å². The summed E-state index contributed by atoms with van der Waals surface area (Å²) in [5.74, 6) is 0. The van der Waals surface area contributed by atoms with Crippen LogP contribution in [0.5, 0.6) is 0 Å². The number of benzene rings is 1. The van der Waals surface area contributed by atoms with E-state index < -0.39 is 10.1 Å². The Morgan fingerprint density at radius 1 is 1.21 bits per heavy atom. The fourth-order valence-corrected chi connectivity index (χ4v) is 1.23. The van der Waals surface area contributed by atoms with Crippen molar-refractivity contribution in [2.75, 3.05) is 0 Å². The molecule has 0 bridgehead atoms. The minimum absolute atomic E-state index is 0. The van der Waals surface area contributed by atoms with Gasteiger partial charge in [-0.2, -0.15) is 0 Å². The number of hydrogen-bond donors (Lipinski definition) is 1. The van der Waals surface area contributed by atoms with E-state index in [0.717, 1.165) is 0 Å². The Morgan fingerprint density at radius 2 is 1.64 bits per heavy atom. The predicted octanol–water partition coefficient (Wildman–Crippen LogP) is -3.29. The van der Waals surface area contributed by atoms with Crippen LogP contribution in [0.3, 0.4) is 0 Å². The number of rotatable bonds is 2. The third kappa shape index (κ3) is 4.58. The van der Waals surface area contributed by atoms with Crippen LogP contribution in [0.15, 0.2) is 29.2 Å². The molecule has 4 nitrogen and oxygen atoms in total. The summed E-state index contributed by atoms with van der Waals surface area (Å²) in [6.07, 6.45) is 0. The van der Waals surface area contributed by atoms with Crippen LogP contribution in [-0.2, 0) is 16.7 Å². The summed E-state index contributed by atoms with van der Waals surface area (Å²) in [6.45, 7) is -0.167. The first kappa shape index (κ1) is 16.6. The molecule has 74 valence electrons. The molecule has 0 saturated carbocycles. The molecule has 0 amide bonds. The minimum atomic E-state index is -4.36. The normalized spacial score (nSPS) is 9.86. The SMILES string of the molecule is O=S(=O)([O-])c1ccc(CO)cc1.[Cl-].[Mg+2]. The predicted molar refractivity (Wildman–Crippen MR) is 46.1 cm³/mol. The second-order valence-corrected chi connectivity index (χ2v) is 3.64. The molecule has 7 heteroatoms. The van der Waals surface area contributed by atoms with Crippen molar-refractivity contribution in [3.8, 4) is 0 Å². The van der Waals surface area contributed by atoms with E-state index in [4.69, 9.17) is 5.11 Å². The summed E-state index contributed by atoms with van der Waals surface area (Å²) in [4.78, 5) is -0.278. The Kier molecular flexibility index (Phi) is 7.81. The first-order valence-electron chi connectivity index (χ1n) is 3.20. The third-order valence-corrected chi connectivity index (χ3v) is 2.24. The van der Waals surface area contributed by atoms with E-state index >= 15 is 0 Å². The average molecular weight is 247 g/mol. The Labute approximate surface area is 105 Å². The molecule has 0 aliphatic heterocycles. The molecule has 0 unspecified atom stereocenters. The molecule has 1 aromatic carbocycles. The van der Waals surface area contributed by atoms with E-state index in [2.05, 4.69) is 0 Å². The van der Waals surface area contributed by atoms with Crippen LogP contribution >= 0.6 is 0 Å². The van der Waals surface area contributed by atoms with Gasteiger partial charge in [-0.15, -0.1) is 0 Å². The smallest absolute Gasteiger partial charge is 1.00 e. The second-order valence-electron chi connectivity index (χ2n) is 2.26. The third-order valence-electron chi connectivity index (χ3n) is 1.39. The van der Waals surface area contributed by atoms with Gasteiger partial charge in [-0.3, -0.25) is 0 Å². The quantitative estimate of drug-likeness (QED) is 0.439. The summed E-state index contributed by atoms with van der Waals surface area (Å²) in [7, 11) is -4.36. The molecule has 0 saturated heterocycles. The fourth-order valence-electron chi connectivity index (χ4n) is 0.762. The summed E-state index contributed by atoms with van der Waals surface area (Å²) < 4.78 is 31.2. The Hall–Kier alpha value is 0.146. The molecular formula is C7H7ClMgO4S. The largest absolute Gasteiger partial charge is 2.00 e. The number of halogens is 1. The van der Waals surface area contributed by atoms with Gasteiger partial charge in [-0.05, 0) is 17.7 Å². The molecular weight excluding hydrogens is 240 g/mol. The summed E-state index contributed by atoms with van der Waals surface area (Å²) in [6, 6.07) is 5.14. The van der Waals surface area contributed by atoms with Crippen molar-refractivity contribution in [1.82, 2.24) is 0 Å². The Morgan fingerprint density at radius 3 is 1.93 bits per heavy atom. The van der Waals surface area contributed by atoms with E-state index in [-0.39, 0.29) is 47.0 Å². The molecule has 0 aromatic heterocycles. The van der Waals surface area contributed by atoms with Crippen LogP contribution in [-0.4, -0.2) is 41.1 Å². The fraction of sp³-hybridized carbons (Fsp3) is 0.143. The van der Waals surface area contributed by atoms with Gasteiger partial charge in [0.25, 0.3) is 0 Å². The van der Waals surface area contributed by atoms with Crippen molar-refractivity contribution in [2.45, 2.75) is 11.5 Å². The van der Waals surface area contributed by atoms with E-state index in [9.17, 15) is 13.0 Å². The molecule has 1 rings (SSSR count). The van der Waals surface area contributed by atoms with Crippen molar-refractivity contribution in [3.05, 3.63) is 29.8 Å². The number of aliphatic hydroxyl groups excluding tert-OH is 1. The van der Waals surface area contributed by atoms with Crippen LogP contribution in [0.1, 0.15) is 5.56 Å². The van der Waals surface area contributed by atoms with Crippen LogP contribution in [0.25, 0.3) is 0 Å². The second kappa shape index (κ2) is 6.60. The topological polar surface area (TPSA) is 77.4 Å². The molecule has 0 aliphatic rings. The maximum Gasteiger partial charge on any atom is 2.00 e. The first-order chi connectivity index (χ1) is 5.54. The maximum absolute atomic E-state index is 10.4. The first-order valence-corrected chi connectivity index (χ1v) is 4.60. The van der Waals surface area contributed by atoms with E-state index in [1.54, 1.807) is 0 Å². The average Bonchev–Trinajstić information content (AvgIpc) is 2.03. The summed E-state index contributed by atoms with van der Waals surface area (Å²) >= 11 is 0. The Balaban J connectivity index is 0. The van der Waals surface area contributed by atoms with E-state index in [0.29, 0.717) is 5.56 Å². The van der Waals surface area contributed by atoms with Gasteiger partial charge in [-0.1, -0.05) is 12.1 Å². The van der Waals surface area contributed by atoms with Crippen molar-refractivity contribution in [3.63, 3.8) is 0 Å². The van der Waals surface area contributed by atoms with Gasteiger partial charge in [0.05, 0.1) is 11.5 Å². The molecule has 1 N–H and O–H groups in total. The standard InChI is InChI=1S/C7H8O4S.ClH.Mg/c8-5-6-1-3-7(4-2-6)12(9,10)11;;/h1-4,8H,5H2,(H,9,10,11);1H;/q;;+2/p-2. The van der Waals surface area contributed by atoms with Gasteiger partial charge in [-0.25, -0.2) is 8.42 Å². The monoisotopic (exact) mass is 246 g/mol.